The SMILES string of the molecule is O=C1C(=O)N(CC[NH+]2CCOCC2)[C@@H](c2ccco2)C1=C(O)c1ccc(Cl)cc1. The fourth-order valence-corrected chi connectivity index (χ4v) is 3.93. The molecule has 2 saturated heterocycles. The Hall–Kier alpha value is -2.61. The molecule has 2 N–H and O–H groups in total. The van der Waals surface area contributed by atoms with Crippen molar-refractivity contribution in [1.82, 2.24) is 4.90 Å². The van der Waals surface area contributed by atoms with E-state index < -0.39 is 17.7 Å². The molecule has 0 unspecified atom stereocenters. The zero-order valence-corrected chi connectivity index (χ0v) is 16.5. The molecule has 1 aromatic carbocycles. The quantitative estimate of drug-likeness (QED) is 0.435. The van der Waals surface area contributed by atoms with E-state index in [-0.39, 0.29) is 11.3 Å². The predicted octanol–water partition coefficient (Wildman–Crippen LogP) is 1.27. The molecule has 0 aliphatic carbocycles. The van der Waals surface area contributed by atoms with Gasteiger partial charge in [-0.15, -0.1) is 0 Å². The largest absolute Gasteiger partial charge is 0.507 e. The third-order valence-electron chi connectivity index (χ3n) is 5.38. The summed E-state index contributed by atoms with van der Waals surface area (Å²) in [6.07, 6.45) is 1.49. The van der Waals surface area contributed by atoms with Gasteiger partial charge in [-0.2, -0.15) is 0 Å². The molecule has 1 aromatic heterocycles. The molecule has 29 heavy (non-hydrogen) atoms. The molecule has 1 atom stereocenters. The van der Waals surface area contributed by atoms with Crippen LogP contribution in [0.2, 0.25) is 5.02 Å². The van der Waals surface area contributed by atoms with E-state index in [0.717, 1.165) is 13.1 Å². The van der Waals surface area contributed by atoms with Crippen molar-refractivity contribution in [1.29, 1.82) is 0 Å². The number of amides is 1. The molecule has 3 heterocycles. The van der Waals surface area contributed by atoms with Gasteiger partial charge in [0.15, 0.2) is 0 Å². The molecule has 4 rings (SSSR count). The first-order chi connectivity index (χ1) is 14.1. The average molecular weight is 418 g/mol. The highest BCUT2D eigenvalue weighted by atomic mass is 35.5. The molecule has 152 valence electrons. The molecule has 8 heteroatoms. The second kappa shape index (κ2) is 8.41. The average Bonchev–Trinajstić information content (AvgIpc) is 3.35. The van der Waals surface area contributed by atoms with Gasteiger partial charge in [-0.1, -0.05) is 11.6 Å². The minimum atomic E-state index is -0.763. The normalized spacial score (nSPS) is 22.4. The Morgan fingerprint density at radius 1 is 1.17 bits per heavy atom. The third-order valence-corrected chi connectivity index (χ3v) is 5.63. The zero-order chi connectivity index (χ0) is 20.4. The van der Waals surface area contributed by atoms with Crippen LogP contribution in [0.15, 0.2) is 52.7 Å². The smallest absolute Gasteiger partial charge is 0.295 e. The number of hydrogen-bond donors (Lipinski definition) is 2. The number of nitrogens with one attached hydrogen (secondary N) is 1. The van der Waals surface area contributed by atoms with Crippen molar-refractivity contribution < 1.29 is 28.7 Å². The van der Waals surface area contributed by atoms with E-state index >= 15 is 0 Å². The molecule has 2 aliphatic heterocycles. The molecular weight excluding hydrogens is 396 g/mol. The van der Waals surface area contributed by atoms with Crippen molar-refractivity contribution in [3.63, 3.8) is 0 Å². The number of furan rings is 1. The van der Waals surface area contributed by atoms with Crippen molar-refractivity contribution >= 4 is 29.1 Å². The van der Waals surface area contributed by atoms with E-state index in [4.69, 9.17) is 20.8 Å². The van der Waals surface area contributed by atoms with Crippen LogP contribution >= 0.6 is 11.6 Å². The van der Waals surface area contributed by atoms with Gasteiger partial charge in [0.25, 0.3) is 11.7 Å². The summed E-state index contributed by atoms with van der Waals surface area (Å²) < 4.78 is 10.9. The number of aliphatic hydroxyl groups excluding tert-OH is 1. The Morgan fingerprint density at radius 3 is 2.55 bits per heavy atom. The lowest BCUT2D eigenvalue weighted by atomic mass is 9.99. The number of carbonyl (C=O) groups excluding carboxylic acids is 2. The number of rotatable bonds is 5. The maximum Gasteiger partial charge on any atom is 0.295 e. The van der Waals surface area contributed by atoms with Gasteiger partial charge in [0.05, 0.1) is 38.1 Å². The van der Waals surface area contributed by atoms with Gasteiger partial charge in [-0.25, -0.2) is 0 Å². The number of ether oxygens (including phenoxy) is 1. The Labute approximate surface area is 173 Å². The van der Waals surface area contributed by atoms with E-state index in [1.54, 1.807) is 36.4 Å². The Kier molecular flexibility index (Phi) is 5.71. The van der Waals surface area contributed by atoms with Gasteiger partial charge in [-0.05, 0) is 36.4 Å². The molecule has 0 radical (unpaired) electrons. The lowest BCUT2D eigenvalue weighted by Crippen LogP contribution is -3.14. The Balaban J connectivity index is 1.68. The highest BCUT2D eigenvalue weighted by Gasteiger charge is 2.47. The van der Waals surface area contributed by atoms with Crippen molar-refractivity contribution in [2.75, 3.05) is 39.4 Å². The Bertz CT molecular complexity index is 917. The maximum atomic E-state index is 12.9. The van der Waals surface area contributed by atoms with Crippen LogP contribution in [0.5, 0.6) is 0 Å². The minimum absolute atomic E-state index is 0.0317. The van der Waals surface area contributed by atoms with Crippen molar-refractivity contribution in [2.45, 2.75) is 6.04 Å². The van der Waals surface area contributed by atoms with Gasteiger partial charge in [0.1, 0.15) is 30.7 Å². The van der Waals surface area contributed by atoms with Crippen LogP contribution in [0.3, 0.4) is 0 Å². The van der Waals surface area contributed by atoms with E-state index in [0.29, 0.717) is 42.6 Å². The standard InChI is InChI=1S/C21H21ClN2O5/c22-15-5-3-14(4-6-15)19(25)17-18(16-2-1-11-29-16)24(21(27)20(17)26)8-7-23-9-12-28-13-10-23/h1-6,11,18,25H,7-10,12-13H2/p+1/t18-/m0/s1. The van der Waals surface area contributed by atoms with Gasteiger partial charge in [-0.3, -0.25) is 9.59 Å². The van der Waals surface area contributed by atoms with Gasteiger partial charge in [0, 0.05) is 10.6 Å². The molecule has 0 spiro atoms. The number of likely N-dealkylation sites (tertiary alicyclic amines) is 1. The van der Waals surface area contributed by atoms with Crippen molar-refractivity contribution in [3.8, 4) is 0 Å². The summed E-state index contributed by atoms with van der Waals surface area (Å²) in [4.78, 5) is 28.5. The second-order valence-corrected chi connectivity index (χ2v) is 7.56. The van der Waals surface area contributed by atoms with E-state index in [1.807, 2.05) is 0 Å². The molecule has 0 saturated carbocycles. The predicted molar refractivity (Wildman–Crippen MR) is 106 cm³/mol. The second-order valence-electron chi connectivity index (χ2n) is 7.13. The third kappa shape index (κ3) is 3.94. The molecule has 0 bridgehead atoms. The van der Waals surface area contributed by atoms with E-state index in [1.165, 1.54) is 16.1 Å². The van der Waals surface area contributed by atoms with Crippen molar-refractivity contribution in [3.05, 3.63) is 64.6 Å². The van der Waals surface area contributed by atoms with Crippen LogP contribution in [0.25, 0.3) is 5.76 Å². The van der Waals surface area contributed by atoms with Gasteiger partial charge >= 0.3 is 0 Å². The lowest BCUT2D eigenvalue weighted by molar-refractivity contribution is -0.907. The highest BCUT2D eigenvalue weighted by Crippen LogP contribution is 2.39. The highest BCUT2D eigenvalue weighted by molar-refractivity contribution is 6.46. The fourth-order valence-electron chi connectivity index (χ4n) is 3.81. The fraction of sp³-hybridized carbons (Fsp3) is 0.333. The number of ketones is 1. The number of hydrogen-bond acceptors (Lipinski definition) is 5. The molecule has 1 amide bonds. The zero-order valence-electron chi connectivity index (χ0n) is 15.8. The van der Waals surface area contributed by atoms with Gasteiger partial charge in [0.2, 0.25) is 0 Å². The van der Waals surface area contributed by atoms with Crippen LogP contribution in [0.4, 0.5) is 0 Å². The van der Waals surface area contributed by atoms with Crippen LogP contribution in [-0.2, 0) is 14.3 Å². The number of quaternary nitrogens is 1. The summed E-state index contributed by atoms with van der Waals surface area (Å²) in [6.45, 7) is 4.16. The lowest BCUT2D eigenvalue weighted by Gasteiger charge is -2.28. The van der Waals surface area contributed by atoms with Gasteiger partial charge < -0.3 is 24.1 Å². The van der Waals surface area contributed by atoms with E-state index in [2.05, 4.69) is 0 Å². The Morgan fingerprint density at radius 2 is 1.90 bits per heavy atom. The monoisotopic (exact) mass is 417 g/mol. The number of nitrogens with zero attached hydrogens (tertiary/aromatic N) is 1. The van der Waals surface area contributed by atoms with Crippen LogP contribution in [0, 0.1) is 0 Å². The molecular formula is C21H22ClN2O5+. The number of halogens is 1. The number of aliphatic hydroxyl groups is 1. The first kappa shape index (κ1) is 19.7. The first-order valence-corrected chi connectivity index (χ1v) is 9.93. The summed E-state index contributed by atoms with van der Waals surface area (Å²) in [5, 5.41) is 11.4. The minimum Gasteiger partial charge on any atom is -0.507 e. The van der Waals surface area contributed by atoms with Crippen LogP contribution in [0.1, 0.15) is 17.4 Å². The summed E-state index contributed by atoms with van der Waals surface area (Å²) in [5.41, 5.74) is 0.451. The van der Waals surface area contributed by atoms with E-state index in [9.17, 15) is 14.7 Å². The summed E-state index contributed by atoms with van der Waals surface area (Å²) in [5.74, 6) is -1.13. The first-order valence-electron chi connectivity index (χ1n) is 9.55. The summed E-state index contributed by atoms with van der Waals surface area (Å²) in [6, 6.07) is 9.11. The molecule has 2 aliphatic rings. The topological polar surface area (TPSA) is 84.4 Å². The summed E-state index contributed by atoms with van der Waals surface area (Å²) in [7, 11) is 0. The molecule has 7 nitrogen and oxygen atoms in total. The van der Waals surface area contributed by atoms with Crippen LogP contribution < -0.4 is 4.90 Å². The van der Waals surface area contributed by atoms with Crippen LogP contribution in [-0.4, -0.2) is 61.1 Å². The number of benzene rings is 1. The molecule has 2 aromatic rings. The maximum absolute atomic E-state index is 12.9. The number of carbonyl (C=O) groups is 2. The summed E-state index contributed by atoms with van der Waals surface area (Å²) >= 11 is 5.92. The van der Waals surface area contributed by atoms with Crippen molar-refractivity contribution in [2.24, 2.45) is 0 Å². The molecule has 2 fully saturated rings. The number of Topliss-reactive ketones (excluding diaryl/α,β-unsaturated/α-hetero) is 1. The number of morpholine rings is 1.